The highest BCUT2D eigenvalue weighted by Gasteiger charge is 2.38. The number of rotatable bonds is 3. The Morgan fingerprint density at radius 3 is 3.00 bits per heavy atom. The van der Waals surface area contributed by atoms with Crippen LogP contribution in [0, 0.1) is 5.82 Å². The Kier molecular flexibility index (Phi) is 3.52. The predicted octanol–water partition coefficient (Wildman–Crippen LogP) is 2.56. The van der Waals surface area contributed by atoms with Crippen LogP contribution in [0.4, 0.5) is 4.39 Å². The SMILES string of the molecule is C=CCN1CCC(O)(c2ccc(F)cc2Cl)C1. The average Bonchev–Trinajstić information content (AvgIpc) is 2.61. The van der Waals surface area contributed by atoms with Crippen molar-refractivity contribution in [2.75, 3.05) is 19.6 Å². The lowest BCUT2D eigenvalue weighted by Crippen LogP contribution is -2.31. The Labute approximate surface area is 105 Å². The minimum Gasteiger partial charge on any atom is -0.384 e. The summed E-state index contributed by atoms with van der Waals surface area (Å²) < 4.78 is 13.0. The van der Waals surface area contributed by atoms with Crippen molar-refractivity contribution in [3.63, 3.8) is 0 Å². The quantitative estimate of drug-likeness (QED) is 0.840. The van der Waals surface area contributed by atoms with Gasteiger partial charge in [0.1, 0.15) is 11.4 Å². The fourth-order valence-electron chi connectivity index (χ4n) is 2.30. The van der Waals surface area contributed by atoms with Gasteiger partial charge >= 0.3 is 0 Å². The average molecular weight is 256 g/mol. The first kappa shape index (κ1) is 12.6. The minimum atomic E-state index is -0.978. The largest absolute Gasteiger partial charge is 0.384 e. The summed E-state index contributed by atoms with van der Waals surface area (Å²) in [7, 11) is 0. The van der Waals surface area contributed by atoms with E-state index < -0.39 is 5.60 Å². The normalized spacial score (nSPS) is 25.1. The maximum Gasteiger partial charge on any atom is 0.124 e. The Bertz CT molecular complexity index is 437. The Morgan fingerprint density at radius 1 is 1.59 bits per heavy atom. The van der Waals surface area contributed by atoms with Gasteiger partial charge in [0, 0.05) is 30.2 Å². The molecule has 0 bridgehead atoms. The number of hydrogen-bond donors (Lipinski definition) is 1. The molecule has 1 unspecified atom stereocenters. The monoisotopic (exact) mass is 255 g/mol. The van der Waals surface area contributed by atoms with Gasteiger partial charge in [-0.15, -0.1) is 6.58 Å². The van der Waals surface area contributed by atoms with E-state index in [1.165, 1.54) is 12.1 Å². The number of halogens is 2. The first-order chi connectivity index (χ1) is 8.05. The fraction of sp³-hybridized carbons (Fsp3) is 0.385. The lowest BCUT2D eigenvalue weighted by molar-refractivity contribution is 0.0475. The first-order valence-corrected chi connectivity index (χ1v) is 5.94. The van der Waals surface area contributed by atoms with E-state index in [0.717, 1.165) is 13.1 Å². The van der Waals surface area contributed by atoms with E-state index in [1.54, 1.807) is 12.1 Å². The lowest BCUT2D eigenvalue weighted by Gasteiger charge is -2.24. The van der Waals surface area contributed by atoms with Gasteiger partial charge in [0.25, 0.3) is 0 Å². The molecule has 1 aromatic carbocycles. The molecule has 0 radical (unpaired) electrons. The van der Waals surface area contributed by atoms with E-state index in [-0.39, 0.29) is 10.8 Å². The van der Waals surface area contributed by atoms with Crippen LogP contribution in [0.25, 0.3) is 0 Å². The van der Waals surface area contributed by atoms with Crippen LogP contribution >= 0.6 is 11.6 Å². The summed E-state index contributed by atoms with van der Waals surface area (Å²) in [6, 6.07) is 4.13. The highest BCUT2D eigenvalue weighted by molar-refractivity contribution is 6.31. The zero-order valence-electron chi connectivity index (χ0n) is 9.50. The van der Waals surface area contributed by atoms with Gasteiger partial charge < -0.3 is 5.11 Å². The van der Waals surface area contributed by atoms with E-state index in [2.05, 4.69) is 11.5 Å². The van der Waals surface area contributed by atoms with Crippen molar-refractivity contribution >= 4 is 11.6 Å². The molecule has 1 fully saturated rings. The van der Waals surface area contributed by atoms with E-state index in [1.807, 2.05) is 0 Å². The topological polar surface area (TPSA) is 23.5 Å². The molecule has 17 heavy (non-hydrogen) atoms. The third-order valence-electron chi connectivity index (χ3n) is 3.15. The van der Waals surface area contributed by atoms with Crippen molar-refractivity contribution in [1.82, 2.24) is 4.90 Å². The predicted molar refractivity (Wildman–Crippen MR) is 66.6 cm³/mol. The molecule has 1 aliphatic heterocycles. The molecule has 1 saturated heterocycles. The lowest BCUT2D eigenvalue weighted by atomic mass is 9.93. The maximum atomic E-state index is 13.0. The van der Waals surface area contributed by atoms with Gasteiger partial charge in [-0.25, -0.2) is 4.39 Å². The molecule has 1 N–H and O–H groups in total. The third kappa shape index (κ3) is 2.51. The summed E-state index contributed by atoms with van der Waals surface area (Å²) in [6.45, 7) is 5.70. The van der Waals surface area contributed by atoms with Gasteiger partial charge in [-0.1, -0.05) is 23.7 Å². The maximum absolute atomic E-state index is 13.0. The van der Waals surface area contributed by atoms with Crippen LogP contribution < -0.4 is 0 Å². The van der Waals surface area contributed by atoms with Crippen LogP contribution in [0.15, 0.2) is 30.9 Å². The molecule has 0 aliphatic carbocycles. The van der Waals surface area contributed by atoms with Gasteiger partial charge in [0.15, 0.2) is 0 Å². The molecule has 0 spiro atoms. The van der Waals surface area contributed by atoms with E-state index in [0.29, 0.717) is 18.5 Å². The molecule has 2 rings (SSSR count). The molecule has 1 heterocycles. The molecule has 4 heteroatoms. The Balaban J connectivity index is 2.24. The van der Waals surface area contributed by atoms with Crippen molar-refractivity contribution in [2.24, 2.45) is 0 Å². The number of nitrogens with zero attached hydrogens (tertiary/aromatic N) is 1. The molecule has 2 nitrogen and oxygen atoms in total. The molecule has 1 aromatic rings. The molecular formula is C13H15ClFNO. The second kappa shape index (κ2) is 4.77. The van der Waals surface area contributed by atoms with Crippen molar-refractivity contribution in [2.45, 2.75) is 12.0 Å². The Hall–Kier alpha value is -0.900. The number of hydrogen-bond acceptors (Lipinski definition) is 2. The highest BCUT2D eigenvalue weighted by Crippen LogP contribution is 2.36. The van der Waals surface area contributed by atoms with Crippen LogP contribution in [-0.4, -0.2) is 29.6 Å². The molecule has 0 amide bonds. The van der Waals surface area contributed by atoms with Gasteiger partial charge in [-0.2, -0.15) is 0 Å². The third-order valence-corrected chi connectivity index (χ3v) is 3.46. The van der Waals surface area contributed by atoms with Gasteiger partial charge in [-0.05, 0) is 18.6 Å². The summed E-state index contributed by atoms with van der Waals surface area (Å²) in [5, 5.41) is 10.8. The minimum absolute atomic E-state index is 0.285. The van der Waals surface area contributed by atoms with Crippen LogP contribution in [-0.2, 0) is 5.60 Å². The molecule has 92 valence electrons. The van der Waals surface area contributed by atoms with Gasteiger partial charge in [-0.3, -0.25) is 4.90 Å². The summed E-state index contributed by atoms with van der Waals surface area (Å²) in [5.74, 6) is -0.386. The number of β-amino-alcohol motifs (C(OH)–C–C–N with tert-alkyl or cyclic N) is 1. The summed E-state index contributed by atoms with van der Waals surface area (Å²) in [6.07, 6.45) is 2.41. The van der Waals surface area contributed by atoms with Crippen LogP contribution in [0.3, 0.4) is 0 Å². The highest BCUT2D eigenvalue weighted by atomic mass is 35.5. The van der Waals surface area contributed by atoms with Crippen LogP contribution in [0.5, 0.6) is 0 Å². The van der Waals surface area contributed by atoms with Crippen molar-refractivity contribution in [3.05, 3.63) is 47.3 Å². The molecule has 1 aliphatic rings. The number of aliphatic hydroxyl groups is 1. The van der Waals surface area contributed by atoms with Crippen LogP contribution in [0.2, 0.25) is 5.02 Å². The number of likely N-dealkylation sites (tertiary alicyclic amines) is 1. The zero-order chi connectivity index (χ0) is 12.5. The molecule has 1 atom stereocenters. The van der Waals surface area contributed by atoms with Gasteiger partial charge in [0.05, 0.1) is 0 Å². The van der Waals surface area contributed by atoms with E-state index >= 15 is 0 Å². The molecular weight excluding hydrogens is 241 g/mol. The summed E-state index contributed by atoms with van der Waals surface area (Å²) >= 11 is 5.99. The van der Waals surface area contributed by atoms with E-state index in [4.69, 9.17) is 11.6 Å². The van der Waals surface area contributed by atoms with Crippen molar-refractivity contribution in [1.29, 1.82) is 0 Å². The summed E-state index contributed by atoms with van der Waals surface area (Å²) in [4.78, 5) is 2.09. The first-order valence-electron chi connectivity index (χ1n) is 5.56. The smallest absolute Gasteiger partial charge is 0.124 e. The second-order valence-electron chi connectivity index (χ2n) is 4.43. The van der Waals surface area contributed by atoms with Gasteiger partial charge in [0.2, 0.25) is 0 Å². The van der Waals surface area contributed by atoms with Crippen LogP contribution in [0.1, 0.15) is 12.0 Å². The molecule has 0 aromatic heterocycles. The standard InChI is InChI=1S/C13H15ClFNO/c1-2-6-16-7-5-13(17,9-16)11-4-3-10(15)8-12(11)14/h2-4,8,17H,1,5-7,9H2. The Morgan fingerprint density at radius 2 is 2.35 bits per heavy atom. The number of benzene rings is 1. The molecule has 0 saturated carbocycles. The van der Waals surface area contributed by atoms with Crippen molar-refractivity contribution < 1.29 is 9.50 Å². The van der Waals surface area contributed by atoms with Crippen molar-refractivity contribution in [3.8, 4) is 0 Å². The zero-order valence-corrected chi connectivity index (χ0v) is 10.3. The summed E-state index contributed by atoms with van der Waals surface area (Å²) in [5.41, 5.74) is -0.375. The second-order valence-corrected chi connectivity index (χ2v) is 4.84. The fourth-order valence-corrected chi connectivity index (χ4v) is 2.64. The van der Waals surface area contributed by atoms with E-state index in [9.17, 15) is 9.50 Å².